The van der Waals surface area contributed by atoms with E-state index in [0.717, 1.165) is 0 Å². The molecule has 1 aliphatic rings. The summed E-state index contributed by atoms with van der Waals surface area (Å²) >= 11 is 1.30. The molecule has 116 valence electrons. The van der Waals surface area contributed by atoms with Gasteiger partial charge in [-0.3, -0.25) is 4.99 Å². The summed E-state index contributed by atoms with van der Waals surface area (Å²) in [6.45, 7) is 6.19. The van der Waals surface area contributed by atoms with Crippen molar-refractivity contribution in [2.75, 3.05) is 25.9 Å². The Morgan fingerprint density at radius 1 is 1.45 bits per heavy atom. The molecule has 1 heterocycles. The van der Waals surface area contributed by atoms with Gasteiger partial charge in [-0.05, 0) is 27.0 Å². The number of carbonyl (C=O) groups is 1. The molecule has 0 aromatic rings. The first-order valence-corrected chi connectivity index (χ1v) is 7.88. The first-order valence-electron chi connectivity index (χ1n) is 6.66. The Hall–Kier alpha value is -0.980. The number of thioether (sulfide) groups is 1. The van der Waals surface area contributed by atoms with Crippen molar-refractivity contribution in [1.29, 1.82) is 0 Å². The van der Waals surface area contributed by atoms with Crippen molar-refractivity contribution in [2.24, 2.45) is 10.7 Å². The molecular formula is C13H24FN3O2S. The van der Waals surface area contributed by atoms with Crippen LogP contribution in [0.2, 0.25) is 0 Å². The van der Waals surface area contributed by atoms with Crippen LogP contribution in [0, 0.1) is 0 Å². The molecular weight excluding hydrogens is 281 g/mol. The summed E-state index contributed by atoms with van der Waals surface area (Å²) in [5.41, 5.74) is 3.65. The minimum atomic E-state index is -1.38. The number of hydrogen-bond acceptors (Lipinski definition) is 4. The maximum atomic E-state index is 14.5. The highest BCUT2D eigenvalue weighted by molar-refractivity contribution is 8.13. The maximum absolute atomic E-state index is 14.5. The van der Waals surface area contributed by atoms with Crippen molar-refractivity contribution in [3.05, 3.63) is 0 Å². The second kappa shape index (κ2) is 6.65. The van der Waals surface area contributed by atoms with Gasteiger partial charge in [-0.1, -0.05) is 11.8 Å². The summed E-state index contributed by atoms with van der Waals surface area (Å²) in [6, 6.07) is 0. The number of amides is 1. The van der Waals surface area contributed by atoms with Crippen LogP contribution in [0.25, 0.3) is 0 Å². The van der Waals surface area contributed by atoms with Crippen LogP contribution in [-0.2, 0) is 4.74 Å². The zero-order chi connectivity index (χ0) is 15.4. The predicted octanol–water partition coefficient (Wildman–Crippen LogP) is 2.40. The van der Waals surface area contributed by atoms with Crippen LogP contribution < -0.4 is 5.73 Å². The number of amidine groups is 1. The number of alkyl halides is 1. The molecule has 0 aromatic carbocycles. The monoisotopic (exact) mass is 305 g/mol. The van der Waals surface area contributed by atoms with Gasteiger partial charge in [0.15, 0.2) is 5.17 Å². The van der Waals surface area contributed by atoms with Crippen LogP contribution in [0.4, 0.5) is 9.18 Å². The first-order chi connectivity index (χ1) is 9.15. The minimum absolute atomic E-state index is 0.0574. The second-order valence-corrected chi connectivity index (χ2v) is 6.80. The molecule has 1 rings (SSSR count). The van der Waals surface area contributed by atoms with Gasteiger partial charge in [-0.2, -0.15) is 0 Å². The van der Waals surface area contributed by atoms with Crippen molar-refractivity contribution in [2.45, 2.75) is 44.9 Å². The quantitative estimate of drug-likeness (QED) is 0.628. The molecule has 1 saturated heterocycles. The molecule has 1 amide bonds. The topological polar surface area (TPSA) is 67.9 Å². The zero-order valence-corrected chi connectivity index (χ0v) is 13.4. The van der Waals surface area contributed by atoms with Crippen LogP contribution in [-0.4, -0.2) is 53.3 Å². The van der Waals surface area contributed by atoms with Gasteiger partial charge in [0, 0.05) is 25.9 Å². The molecule has 0 spiro atoms. The first kappa shape index (κ1) is 17.1. The van der Waals surface area contributed by atoms with Crippen molar-refractivity contribution in [1.82, 2.24) is 4.90 Å². The third-order valence-electron chi connectivity index (χ3n) is 3.04. The van der Waals surface area contributed by atoms with Crippen molar-refractivity contribution in [3.63, 3.8) is 0 Å². The molecule has 1 aliphatic heterocycles. The van der Waals surface area contributed by atoms with Gasteiger partial charge in [0.2, 0.25) is 0 Å². The van der Waals surface area contributed by atoms with Crippen molar-refractivity contribution >= 4 is 23.0 Å². The van der Waals surface area contributed by atoms with Crippen molar-refractivity contribution in [3.8, 4) is 0 Å². The molecule has 20 heavy (non-hydrogen) atoms. The van der Waals surface area contributed by atoms with Gasteiger partial charge in [0.05, 0.1) is 6.54 Å². The summed E-state index contributed by atoms with van der Waals surface area (Å²) < 4.78 is 19.8. The summed E-state index contributed by atoms with van der Waals surface area (Å²) in [4.78, 5) is 17.4. The number of nitrogens with zero attached hydrogens (tertiary/aromatic N) is 2. The molecule has 7 heteroatoms. The average molecular weight is 305 g/mol. The number of nitrogens with two attached hydrogens (primary N) is 1. The third-order valence-corrected chi connectivity index (χ3v) is 3.59. The molecule has 2 N–H and O–H groups in total. The molecule has 0 radical (unpaired) electrons. The van der Waals surface area contributed by atoms with Gasteiger partial charge in [0.1, 0.15) is 11.3 Å². The van der Waals surface area contributed by atoms with Gasteiger partial charge < -0.3 is 15.4 Å². The van der Waals surface area contributed by atoms with E-state index >= 15 is 0 Å². The lowest BCUT2D eigenvalue weighted by Crippen LogP contribution is -2.47. The van der Waals surface area contributed by atoms with E-state index in [1.807, 2.05) is 20.8 Å². The van der Waals surface area contributed by atoms with E-state index in [0.29, 0.717) is 18.3 Å². The van der Waals surface area contributed by atoms with Gasteiger partial charge >= 0.3 is 6.09 Å². The molecule has 5 nitrogen and oxygen atoms in total. The van der Waals surface area contributed by atoms with Crippen LogP contribution in [0.1, 0.15) is 33.6 Å². The lowest BCUT2D eigenvalue weighted by Gasteiger charge is -2.36. The Labute approximate surface area is 124 Å². The van der Waals surface area contributed by atoms with E-state index in [-0.39, 0.29) is 25.5 Å². The molecule has 1 fully saturated rings. The van der Waals surface area contributed by atoms with Gasteiger partial charge in [-0.25, -0.2) is 9.18 Å². The van der Waals surface area contributed by atoms with E-state index < -0.39 is 11.3 Å². The number of carbonyl (C=O) groups excluding carboxylic acids is 1. The minimum Gasteiger partial charge on any atom is -0.444 e. The van der Waals surface area contributed by atoms with Crippen LogP contribution >= 0.6 is 11.8 Å². The number of rotatable bonds is 2. The fourth-order valence-corrected chi connectivity index (χ4v) is 2.05. The average Bonchev–Trinajstić information content (AvgIpc) is 2.34. The third kappa shape index (κ3) is 5.56. The Balaban J connectivity index is 2.48. The Bertz CT molecular complexity index is 374. The highest BCUT2D eigenvalue weighted by Crippen LogP contribution is 2.28. The molecule has 0 aromatic heterocycles. The number of piperidine rings is 1. The van der Waals surface area contributed by atoms with Gasteiger partial charge in [-0.15, -0.1) is 0 Å². The SMILES string of the molecule is CS/C(N)=N\CC1(F)CCN(C(=O)OC(C)(C)C)CC1. The molecule has 0 unspecified atom stereocenters. The Morgan fingerprint density at radius 3 is 2.45 bits per heavy atom. The van der Waals surface area contributed by atoms with E-state index in [1.54, 1.807) is 11.2 Å². The Morgan fingerprint density at radius 2 is 2.00 bits per heavy atom. The van der Waals surface area contributed by atoms with E-state index in [4.69, 9.17) is 10.5 Å². The van der Waals surface area contributed by atoms with Crippen LogP contribution in [0.5, 0.6) is 0 Å². The second-order valence-electron chi connectivity index (χ2n) is 5.98. The van der Waals surface area contributed by atoms with Crippen LogP contribution in [0.3, 0.4) is 0 Å². The van der Waals surface area contributed by atoms with Crippen LogP contribution in [0.15, 0.2) is 4.99 Å². The Kier molecular flexibility index (Phi) is 5.68. The summed E-state index contributed by atoms with van der Waals surface area (Å²) in [5.74, 6) is 0. The number of likely N-dealkylation sites (tertiary alicyclic amines) is 1. The predicted molar refractivity (Wildman–Crippen MR) is 80.9 cm³/mol. The molecule has 0 bridgehead atoms. The van der Waals surface area contributed by atoms with E-state index in [2.05, 4.69) is 4.99 Å². The summed E-state index contributed by atoms with van der Waals surface area (Å²) in [7, 11) is 0. The summed E-state index contributed by atoms with van der Waals surface area (Å²) in [6.07, 6.45) is 1.94. The standard InChI is InChI=1S/C13H24FN3O2S/c1-12(2,3)19-11(18)17-7-5-13(14,6-8-17)9-16-10(15)20-4/h5-9H2,1-4H3,(H2,15,16). The lowest BCUT2D eigenvalue weighted by molar-refractivity contribution is 0.00513. The van der Waals surface area contributed by atoms with E-state index in [9.17, 15) is 9.18 Å². The molecule has 0 atom stereocenters. The zero-order valence-electron chi connectivity index (χ0n) is 12.6. The van der Waals surface area contributed by atoms with Gasteiger partial charge in [0.25, 0.3) is 0 Å². The van der Waals surface area contributed by atoms with Crippen molar-refractivity contribution < 1.29 is 13.9 Å². The number of hydrogen-bond donors (Lipinski definition) is 1. The largest absolute Gasteiger partial charge is 0.444 e. The smallest absolute Gasteiger partial charge is 0.410 e. The highest BCUT2D eigenvalue weighted by Gasteiger charge is 2.37. The fourth-order valence-electron chi connectivity index (χ4n) is 1.86. The number of ether oxygens (including phenoxy) is 1. The number of aliphatic imine (C=N–C) groups is 1. The molecule has 0 saturated carbocycles. The van der Waals surface area contributed by atoms with E-state index in [1.165, 1.54) is 11.8 Å². The maximum Gasteiger partial charge on any atom is 0.410 e. The summed E-state index contributed by atoms with van der Waals surface area (Å²) in [5, 5.41) is 0.386. The molecule has 0 aliphatic carbocycles. The lowest BCUT2D eigenvalue weighted by atomic mass is 9.94. The fraction of sp³-hybridized carbons (Fsp3) is 0.846. The highest BCUT2D eigenvalue weighted by atomic mass is 32.2. The number of halogens is 1. The normalized spacial score (nSPS) is 19.9.